The highest BCUT2D eigenvalue weighted by atomic mass is 16.5. The number of anilines is 1. The number of rotatable bonds is 4. The Kier molecular flexibility index (Phi) is 4.52. The molecule has 0 unspecified atom stereocenters. The number of esters is 1. The molecule has 114 valence electrons. The Bertz CT molecular complexity index is 766. The number of nitrogens with one attached hydrogen (secondary N) is 2. The standard InChI is InChI=1S/C14H13N3O5/c1-17(9-5-3-2-4-6-9)12(19)8-22-13(20)10-7-11(18)16-14(21)15-10/h2-7H,8H2,1H3,(H2,15,16,18,21). The Balaban J connectivity index is 2.00. The van der Waals surface area contributed by atoms with Crippen LogP contribution in [0.3, 0.4) is 0 Å². The zero-order chi connectivity index (χ0) is 16.1. The Morgan fingerprint density at radius 3 is 2.45 bits per heavy atom. The molecule has 1 heterocycles. The van der Waals surface area contributed by atoms with E-state index in [0.29, 0.717) is 5.69 Å². The van der Waals surface area contributed by atoms with Crippen LogP contribution >= 0.6 is 0 Å². The summed E-state index contributed by atoms with van der Waals surface area (Å²) in [6, 6.07) is 9.69. The summed E-state index contributed by atoms with van der Waals surface area (Å²) >= 11 is 0. The molecule has 0 saturated carbocycles. The summed E-state index contributed by atoms with van der Waals surface area (Å²) in [6.45, 7) is -0.515. The summed E-state index contributed by atoms with van der Waals surface area (Å²) in [5.74, 6) is -1.41. The first-order chi connectivity index (χ1) is 10.5. The van der Waals surface area contributed by atoms with Crippen molar-refractivity contribution in [2.45, 2.75) is 0 Å². The van der Waals surface area contributed by atoms with Crippen molar-refractivity contribution >= 4 is 17.6 Å². The van der Waals surface area contributed by atoms with E-state index in [2.05, 4.69) is 4.98 Å². The Labute approximate surface area is 124 Å². The first-order valence-electron chi connectivity index (χ1n) is 6.30. The van der Waals surface area contributed by atoms with Crippen molar-refractivity contribution in [2.24, 2.45) is 0 Å². The van der Waals surface area contributed by atoms with Crippen LogP contribution in [-0.4, -0.2) is 35.5 Å². The maximum atomic E-state index is 11.9. The molecule has 2 aromatic rings. The minimum atomic E-state index is -0.960. The van der Waals surface area contributed by atoms with E-state index in [1.54, 1.807) is 31.3 Å². The van der Waals surface area contributed by atoms with Crippen molar-refractivity contribution in [1.29, 1.82) is 0 Å². The molecule has 8 heteroatoms. The number of hydrogen-bond donors (Lipinski definition) is 2. The fraction of sp³-hybridized carbons (Fsp3) is 0.143. The van der Waals surface area contributed by atoms with Gasteiger partial charge >= 0.3 is 11.7 Å². The lowest BCUT2D eigenvalue weighted by atomic mass is 10.3. The predicted molar refractivity (Wildman–Crippen MR) is 77.8 cm³/mol. The van der Waals surface area contributed by atoms with Gasteiger partial charge in [-0.3, -0.25) is 14.6 Å². The lowest BCUT2D eigenvalue weighted by Crippen LogP contribution is -2.32. The largest absolute Gasteiger partial charge is 0.451 e. The third-order valence-electron chi connectivity index (χ3n) is 2.82. The summed E-state index contributed by atoms with van der Waals surface area (Å²) < 4.78 is 4.79. The van der Waals surface area contributed by atoms with Crippen LogP contribution in [0.1, 0.15) is 10.5 Å². The molecule has 0 saturated heterocycles. The van der Waals surface area contributed by atoms with Gasteiger partial charge in [0, 0.05) is 18.8 Å². The number of nitrogens with zero attached hydrogens (tertiary/aromatic N) is 1. The molecule has 0 atom stereocenters. The van der Waals surface area contributed by atoms with Crippen LogP contribution in [0.25, 0.3) is 0 Å². The Morgan fingerprint density at radius 2 is 1.82 bits per heavy atom. The molecule has 0 bridgehead atoms. The number of H-pyrrole nitrogens is 2. The molecule has 2 N–H and O–H groups in total. The highest BCUT2D eigenvalue weighted by Gasteiger charge is 2.15. The van der Waals surface area contributed by atoms with Crippen molar-refractivity contribution in [2.75, 3.05) is 18.6 Å². The second-order valence-corrected chi connectivity index (χ2v) is 4.37. The first kappa shape index (κ1) is 15.2. The van der Waals surface area contributed by atoms with Crippen molar-refractivity contribution in [3.05, 3.63) is 62.9 Å². The molecular weight excluding hydrogens is 290 g/mol. The molecule has 1 aromatic heterocycles. The SMILES string of the molecule is CN(C(=O)COC(=O)c1cc(=O)[nH]c(=O)[nH]1)c1ccccc1. The molecule has 8 nitrogen and oxygen atoms in total. The van der Waals surface area contributed by atoms with Gasteiger partial charge in [0.05, 0.1) is 0 Å². The molecule has 22 heavy (non-hydrogen) atoms. The van der Waals surface area contributed by atoms with Crippen molar-refractivity contribution < 1.29 is 14.3 Å². The van der Waals surface area contributed by atoms with Gasteiger partial charge in [-0.1, -0.05) is 18.2 Å². The van der Waals surface area contributed by atoms with Crippen LogP contribution in [0.2, 0.25) is 0 Å². The molecule has 2 rings (SSSR count). The van der Waals surface area contributed by atoms with Gasteiger partial charge in [0.2, 0.25) is 0 Å². The number of carbonyl (C=O) groups is 2. The van der Waals surface area contributed by atoms with E-state index >= 15 is 0 Å². The van der Waals surface area contributed by atoms with Gasteiger partial charge in [-0.05, 0) is 12.1 Å². The maximum Gasteiger partial charge on any atom is 0.355 e. The van der Waals surface area contributed by atoms with E-state index in [-0.39, 0.29) is 5.69 Å². The smallest absolute Gasteiger partial charge is 0.355 e. The molecule has 1 amide bonds. The van der Waals surface area contributed by atoms with Crippen molar-refractivity contribution in [3.63, 3.8) is 0 Å². The number of aromatic amines is 2. The van der Waals surface area contributed by atoms with Crippen LogP contribution in [0.5, 0.6) is 0 Å². The number of likely N-dealkylation sites (N-methyl/N-ethyl adjacent to an activating group) is 1. The van der Waals surface area contributed by atoms with E-state index in [4.69, 9.17) is 4.74 Å². The average Bonchev–Trinajstić information content (AvgIpc) is 2.51. The maximum absolute atomic E-state index is 11.9. The molecule has 1 aromatic carbocycles. The van der Waals surface area contributed by atoms with E-state index in [0.717, 1.165) is 6.07 Å². The Morgan fingerprint density at radius 1 is 1.14 bits per heavy atom. The molecule has 0 radical (unpaired) electrons. The van der Waals surface area contributed by atoms with E-state index < -0.39 is 29.7 Å². The molecule has 0 aliphatic rings. The third kappa shape index (κ3) is 3.69. The monoisotopic (exact) mass is 303 g/mol. The number of amides is 1. The molecule has 0 fully saturated rings. The highest BCUT2D eigenvalue weighted by molar-refractivity contribution is 5.96. The van der Waals surface area contributed by atoms with Crippen LogP contribution in [0.4, 0.5) is 5.69 Å². The topological polar surface area (TPSA) is 112 Å². The van der Waals surface area contributed by atoms with E-state index in [1.807, 2.05) is 11.1 Å². The average molecular weight is 303 g/mol. The number of carbonyl (C=O) groups excluding carboxylic acids is 2. The fourth-order valence-corrected chi connectivity index (χ4v) is 1.68. The van der Waals surface area contributed by atoms with Crippen LogP contribution in [0, 0.1) is 0 Å². The van der Waals surface area contributed by atoms with Gasteiger partial charge in [-0.25, -0.2) is 9.59 Å². The number of hydrogen-bond acceptors (Lipinski definition) is 5. The van der Waals surface area contributed by atoms with Gasteiger partial charge < -0.3 is 14.6 Å². The number of para-hydroxylation sites is 1. The summed E-state index contributed by atoms with van der Waals surface area (Å²) in [5, 5.41) is 0. The summed E-state index contributed by atoms with van der Waals surface area (Å²) in [7, 11) is 1.54. The predicted octanol–water partition coefficient (Wildman–Crippen LogP) is -0.117. The second-order valence-electron chi connectivity index (χ2n) is 4.37. The van der Waals surface area contributed by atoms with Gasteiger partial charge in [-0.2, -0.15) is 0 Å². The van der Waals surface area contributed by atoms with Gasteiger partial charge in [-0.15, -0.1) is 0 Å². The molecular formula is C14H13N3O5. The molecule has 0 spiro atoms. The minimum absolute atomic E-state index is 0.316. The van der Waals surface area contributed by atoms with E-state index in [9.17, 15) is 19.2 Å². The van der Waals surface area contributed by atoms with Crippen LogP contribution < -0.4 is 16.1 Å². The zero-order valence-electron chi connectivity index (χ0n) is 11.7. The lowest BCUT2D eigenvalue weighted by molar-refractivity contribution is -0.121. The number of benzene rings is 1. The normalized spacial score (nSPS) is 10.0. The van der Waals surface area contributed by atoms with Gasteiger partial charge in [0.25, 0.3) is 11.5 Å². The summed E-state index contributed by atoms with van der Waals surface area (Å²) in [6.07, 6.45) is 0. The van der Waals surface area contributed by atoms with Crippen LogP contribution in [0.15, 0.2) is 46.0 Å². The lowest BCUT2D eigenvalue weighted by Gasteiger charge is -2.16. The van der Waals surface area contributed by atoms with Gasteiger partial charge in [0.15, 0.2) is 6.61 Å². The van der Waals surface area contributed by atoms with E-state index in [1.165, 1.54) is 4.90 Å². The quantitative estimate of drug-likeness (QED) is 0.765. The first-order valence-corrected chi connectivity index (χ1v) is 6.30. The van der Waals surface area contributed by atoms with Crippen molar-refractivity contribution in [1.82, 2.24) is 9.97 Å². The van der Waals surface area contributed by atoms with Gasteiger partial charge in [0.1, 0.15) is 5.69 Å². The molecule has 0 aliphatic carbocycles. The number of ether oxygens (including phenoxy) is 1. The third-order valence-corrected chi connectivity index (χ3v) is 2.82. The fourth-order valence-electron chi connectivity index (χ4n) is 1.68. The summed E-state index contributed by atoms with van der Waals surface area (Å²) in [5.41, 5.74) is -1.23. The van der Waals surface area contributed by atoms with Crippen molar-refractivity contribution in [3.8, 4) is 0 Å². The van der Waals surface area contributed by atoms with Crippen LogP contribution in [-0.2, 0) is 9.53 Å². The second kappa shape index (κ2) is 6.53. The zero-order valence-corrected chi connectivity index (χ0v) is 11.7. The minimum Gasteiger partial charge on any atom is -0.451 e. The Hall–Kier alpha value is -3.16. The number of aromatic nitrogens is 2. The summed E-state index contributed by atoms with van der Waals surface area (Å²) in [4.78, 5) is 51.1. The molecule has 0 aliphatic heterocycles. The highest BCUT2D eigenvalue weighted by Crippen LogP contribution is 2.11.